The first-order valence-corrected chi connectivity index (χ1v) is 6.23. The van der Waals surface area contributed by atoms with E-state index >= 15 is 0 Å². The molecule has 1 fully saturated rings. The number of carboxylic acid groups (broad SMARTS) is 1. The third-order valence-corrected chi connectivity index (χ3v) is 3.01. The molecule has 1 atom stereocenters. The molecule has 17 heavy (non-hydrogen) atoms. The number of amides is 1. The van der Waals surface area contributed by atoms with Gasteiger partial charge in [0, 0.05) is 13.1 Å². The highest BCUT2D eigenvalue weighted by Gasteiger charge is 2.18. The summed E-state index contributed by atoms with van der Waals surface area (Å²) < 4.78 is 5.00. The Morgan fingerprint density at radius 3 is 2.24 bits per heavy atom. The number of carbonyl (C=O) groups is 2. The lowest BCUT2D eigenvalue weighted by Crippen LogP contribution is -2.37. The van der Waals surface area contributed by atoms with Crippen molar-refractivity contribution in [3.8, 4) is 0 Å². The fourth-order valence-electron chi connectivity index (χ4n) is 1.86. The highest BCUT2D eigenvalue weighted by atomic mass is 16.5. The first-order chi connectivity index (χ1) is 8.11. The molecule has 0 aliphatic carbocycles. The van der Waals surface area contributed by atoms with Gasteiger partial charge in [0.05, 0.1) is 0 Å². The van der Waals surface area contributed by atoms with Crippen molar-refractivity contribution >= 4 is 11.9 Å². The second-order valence-electron chi connectivity index (χ2n) is 4.44. The van der Waals surface area contributed by atoms with Gasteiger partial charge >= 0.3 is 5.97 Å². The van der Waals surface area contributed by atoms with Gasteiger partial charge in [-0.25, -0.2) is 4.79 Å². The summed E-state index contributed by atoms with van der Waals surface area (Å²) in [6.07, 6.45) is 4.70. The normalized spacial score (nSPS) is 19.2. The molecule has 1 rings (SSSR count). The first-order valence-electron chi connectivity index (χ1n) is 6.23. The Morgan fingerprint density at radius 1 is 1.18 bits per heavy atom. The minimum Gasteiger partial charge on any atom is -0.479 e. The lowest BCUT2D eigenvalue weighted by atomic mass is 10.1. The zero-order valence-corrected chi connectivity index (χ0v) is 10.4. The maximum absolute atomic E-state index is 11.8. The molecular weight excluding hydrogens is 222 g/mol. The van der Waals surface area contributed by atoms with E-state index in [0.717, 1.165) is 38.8 Å². The first kappa shape index (κ1) is 14.0. The van der Waals surface area contributed by atoms with Gasteiger partial charge in [0.1, 0.15) is 6.61 Å². The van der Waals surface area contributed by atoms with Crippen LogP contribution in [0.4, 0.5) is 0 Å². The summed E-state index contributed by atoms with van der Waals surface area (Å²) in [5, 5.41) is 8.64. The van der Waals surface area contributed by atoms with Crippen molar-refractivity contribution in [3.63, 3.8) is 0 Å². The molecule has 1 aliphatic heterocycles. The van der Waals surface area contributed by atoms with Gasteiger partial charge in [-0.15, -0.1) is 0 Å². The summed E-state index contributed by atoms with van der Waals surface area (Å²) in [5.41, 5.74) is 0. The van der Waals surface area contributed by atoms with Gasteiger partial charge in [-0.05, 0) is 19.8 Å². The van der Waals surface area contributed by atoms with E-state index in [1.165, 1.54) is 13.3 Å². The molecule has 1 heterocycles. The Morgan fingerprint density at radius 2 is 1.71 bits per heavy atom. The molecule has 1 saturated heterocycles. The van der Waals surface area contributed by atoms with Crippen LogP contribution in [0.25, 0.3) is 0 Å². The standard InChI is InChI=1S/C12H21NO4/c1-10(12(15)16)17-9-11(14)13-7-5-3-2-4-6-8-13/h10H,2-9H2,1H3,(H,15,16)/t10-/m1/s1. The van der Waals surface area contributed by atoms with Crippen molar-refractivity contribution in [2.75, 3.05) is 19.7 Å². The quantitative estimate of drug-likeness (QED) is 0.807. The summed E-state index contributed by atoms with van der Waals surface area (Å²) in [6, 6.07) is 0. The molecular formula is C12H21NO4. The van der Waals surface area contributed by atoms with Gasteiger partial charge in [0.15, 0.2) is 6.10 Å². The monoisotopic (exact) mass is 243 g/mol. The van der Waals surface area contributed by atoms with Crippen LogP contribution in [0.15, 0.2) is 0 Å². The van der Waals surface area contributed by atoms with E-state index in [0.29, 0.717) is 0 Å². The van der Waals surface area contributed by atoms with Crippen molar-refractivity contribution in [1.82, 2.24) is 4.90 Å². The fraction of sp³-hybridized carbons (Fsp3) is 0.833. The largest absolute Gasteiger partial charge is 0.479 e. The molecule has 0 saturated carbocycles. The van der Waals surface area contributed by atoms with Crippen LogP contribution in [0.2, 0.25) is 0 Å². The van der Waals surface area contributed by atoms with Gasteiger partial charge in [0.2, 0.25) is 5.91 Å². The predicted octanol–water partition coefficient (Wildman–Crippen LogP) is 1.27. The smallest absolute Gasteiger partial charge is 0.332 e. The van der Waals surface area contributed by atoms with E-state index in [1.807, 2.05) is 0 Å². The maximum Gasteiger partial charge on any atom is 0.332 e. The van der Waals surface area contributed by atoms with Crippen molar-refractivity contribution < 1.29 is 19.4 Å². The summed E-state index contributed by atoms with van der Waals surface area (Å²) >= 11 is 0. The molecule has 0 aromatic heterocycles. The van der Waals surface area contributed by atoms with Gasteiger partial charge in [0.25, 0.3) is 0 Å². The van der Waals surface area contributed by atoms with Crippen LogP contribution >= 0.6 is 0 Å². The van der Waals surface area contributed by atoms with Crippen LogP contribution in [0.1, 0.15) is 39.0 Å². The molecule has 0 aromatic carbocycles. The van der Waals surface area contributed by atoms with Crippen molar-refractivity contribution in [3.05, 3.63) is 0 Å². The minimum atomic E-state index is -1.04. The Labute approximate surface area is 102 Å². The number of carbonyl (C=O) groups excluding carboxylic acids is 1. The lowest BCUT2D eigenvalue weighted by molar-refractivity contribution is -0.153. The van der Waals surface area contributed by atoms with E-state index in [9.17, 15) is 9.59 Å². The zero-order valence-electron chi connectivity index (χ0n) is 10.4. The number of nitrogens with zero attached hydrogens (tertiary/aromatic N) is 1. The van der Waals surface area contributed by atoms with Crippen LogP contribution in [0, 0.1) is 0 Å². The average Bonchev–Trinajstić information content (AvgIpc) is 2.24. The third-order valence-electron chi connectivity index (χ3n) is 3.01. The number of ether oxygens (including phenoxy) is 1. The number of carboxylic acids is 1. The van der Waals surface area contributed by atoms with Crippen molar-refractivity contribution in [2.45, 2.75) is 45.1 Å². The van der Waals surface area contributed by atoms with Crippen LogP contribution in [-0.4, -0.2) is 47.7 Å². The predicted molar refractivity (Wildman–Crippen MR) is 62.7 cm³/mol. The van der Waals surface area contributed by atoms with Gasteiger partial charge < -0.3 is 14.7 Å². The van der Waals surface area contributed by atoms with Crippen LogP contribution in [0.3, 0.4) is 0 Å². The molecule has 98 valence electrons. The summed E-state index contributed by atoms with van der Waals surface area (Å²) in [6.45, 7) is 2.84. The Kier molecular flexibility index (Phi) is 5.97. The maximum atomic E-state index is 11.8. The Hall–Kier alpha value is -1.10. The molecule has 0 bridgehead atoms. The number of rotatable bonds is 4. The number of hydrogen-bond donors (Lipinski definition) is 1. The van der Waals surface area contributed by atoms with E-state index in [-0.39, 0.29) is 12.5 Å². The van der Waals surface area contributed by atoms with Crippen LogP contribution in [-0.2, 0) is 14.3 Å². The summed E-state index contributed by atoms with van der Waals surface area (Å²) in [7, 11) is 0. The second-order valence-corrected chi connectivity index (χ2v) is 4.44. The zero-order chi connectivity index (χ0) is 12.7. The number of likely N-dealkylation sites (tertiary alicyclic amines) is 1. The summed E-state index contributed by atoms with van der Waals surface area (Å²) in [5.74, 6) is -1.13. The van der Waals surface area contributed by atoms with Gasteiger partial charge in [-0.3, -0.25) is 4.79 Å². The van der Waals surface area contributed by atoms with E-state index in [4.69, 9.17) is 9.84 Å². The summed E-state index contributed by atoms with van der Waals surface area (Å²) in [4.78, 5) is 24.1. The molecule has 5 heteroatoms. The molecule has 0 radical (unpaired) electrons. The molecule has 0 unspecified atom stereocenters. The van der Waals surface area contributed by atoms with Crippen LogP contribution in [0.5, 0.6) is 0 Å². The Balaban J connectivity index is 2.32. The van der Waals surface area contributed by atoms with E-state index in [1.54, 1.807) is 4.90 Å². The molecule has 0 aromatic rings. The third kappa shape index (κ3) is 5.17. The molecule has 0 spiro atoms. The molecule has 1 aliphatic rings. The van der Waals surface area contributed by atoms with Crippen LogP contribution < -0.4 is 0 Å². The SMILES string of the molecule is C[C@@H](OCC(=O)N1CCCCCCC1)C(=O)O. The van der Waals surface area contributed by atoms with E-state index in [2.05, 4.69) is 0 Å². The minimum absolute atomic E-state index is 0.0972. The van der Waals surface area contributed by atoms with Gasteiger partial charge in [-0.1, -0.05) is 19.3 Å². The number of aliphatic carboxylic acids is 1. The number of hydrogen-bond acceptors (Lipinski definition) is 3. The average molecular weight is 243 g/mol. The Bertz CT molecular complexity index is 259. The highest BCUT2D eigenvalue weighted by molar-refractivity contribution is 5.78. The van der Waals surface area contributed by atoms with Crippen molar-refractivity contribution in [1.29, 1.82) is 0 Å². The van der Waals surface area contributed by atoms with Gasteiger partial charge in [-0.2, -0.15) is 0 Å². The van der Waals surface area contributed by atoms with Crippen molar-refractivity contribution in [2.24, 2.45) is 0 Å². The fourth-order valence-corrected chi connectivity index (χ4v) is 1.86. The van der Waals surface area contributed by atoms with E-state index < -0.39 is 12.1 Å². The topological polar surface area (TPSA) is 66.8 Å². The second kappa shape index (κ2) is 7.27. The molecule has 5 nitrogen and oxygen atoms in total. The molecule has 1 N–H and O–H groups in total. The highest BCUT2D eigenvalue weighted by Crippen LogP contribution is 2.10. The molecule has 1 amide bonds. The lowest BCUT2D eigenvalue weighted by Gasteiger charge is -2.25.